The molecule has 0 aromatic heterocycles. The van der Waals surface area contributed by atoms with Gasteiger partial charge in [-0.15, -0.1) is 0 Å². The van der Waals surface area contributed by atoms with E-state index < -0.39 is 0 Å². The number of fused-ring (bicyclic) bond motifs is 1. The minimum atomic E-state index is -0.262. The monoisotopic (exact) mass is 390 g/mol. The number of nitrogens with one attached hydrogen (secondary N) is 1. The summed E-state index contributed by atoms with van der Waals surface area (Å²) in [5.41, 5.74) is 1.33. The van der Waals surface area contributed by atoms with Gasteiger partial charge in [-0.3, -0.25) is 9.59 Å². The van der Waals surface area contributed by atoms with E-state index in [1.54, 1.807) is 37.3 Å². The zero-order valence-corrected chi connectivity index (χ0v) is 16.3. The van der Waals surface area contributed by atoms with Crippen LogP contribution in [0.4, 0.5) is 5.69 Å². The molecular weight excluding hydrogens is 368 g/mol. The van der Waals surface area contributed by atoms with Crippen LogP contribution >= 0.6 is 0 Å². The molecule has 1 atom stereocenters. The van der Waals surface area contributed by atoms with Crippen molar-refractivity contribution in [3.05, 3.63) is 66.2 Å². The Morgan fingerprint density at radius 3 is 2.55 bits per heavy atom. The third-order valence-corrected chi connectivity index (χ3v) is 5.17. The number of ether oxygens (including phenoxy) is 2. The molecule has 6 nitrogen and oxygen atoms in total. The second kappa shape index (κ2) is 7.83. The Balaban J connectivity index is 1.52. The molecule has 2 amide bonds. The Hall–Kier alpha value is -3.54. The topological polar surface area (TPSA) is 67.9 Å². The summed E-state index contributed by atoms with van der Waals surface area (Å²) in [5, 5.41) is 4.92. The number of anilines is 1. The number of amides is 2. The molecule has 3 aromatic carbocycles. The molecule has 148 valence electrons. The minimum Gasteiger partial charge on any atom is -0.493 e. The molecule has 0 aliphatic carbocycles. The zero-order chi connectivity index (χ0) is 20.4. The van der Waals surface area contributed by atoms with E-state index in [-0.39, 0.29) is 24.3 Å². The lowest BCUT2D eigenvalue weighted by molar-refractivity contribution is -0.117. The molecule has 0 radical (unpaired) electrons. The number of carbonyl (C=O) groups excluding carboxylic acids is 2. The molecule has 4 rings (SSSR count). The second-order valence-corrected chi connectivity index (χ2v) is 6.94. The van der Waals surface area contributed by atoms with Gasteiger partial charge in [-0.1, -0.05) is 36.4 Å². The standard InChI is InChI=1S/C23H22N2O4/c1-28-20-11-10-17(13-21(20)29-2)25-14-16(12-22(25)26)24-23(27)19-9-5-7-15-6-3-4-8-18(15)19/h3-11,13,16H,12,14H2,1-2H3,(H,24,27)/t16-/m0/s1. The number of benzene rings is 3. The van der Waals surface area contributed by atoms with Gasteiger partial charge in [0.1, 0.15) is 0 Å². The van der Waals surface area contributed by atoms with Crippen LogP contribution in [0.5, 0.6) is 11.5 Å². The third kappa shape index (κ3) is 3.61. The zero-order valence-electron chi connectivity index (χ0n) is 16.3. The van der Waals surface area contributed by atoms with E-state index >= 15 is 0 Å². The van der Waals surface area contributed by atoms with Gasteiger partial charge < -0.3 is 19.7 Å². The van der Waals surface area contributed by atoms with Crippen molar-refractivity contribution in [2.75, 3.05) is 25.7 Å². The molecule has 1 N–H and O–H groups in total. The summed E-state index contributed by atoms with van der Waals surface area (Å²) in [6.07, 6.45) is 0.255. The summed E-state index contributed by atoms with van der Waals surface area (Å²) in [6.45, 7) is 0.408. The van der Waals surface area contributed by atoms with Crippen LogP contribution in [0.25, 0.3) is 10.8 Å². The fourth-order valence-electron chi connectivity index (χ4n) is 3.73. The van der Waals surface area contributed by atoms with E-state index in [1.807, 2.05) is 42.5 Å². The van der Waals surface area contributed by atoms with Crippen molar-refractivity contribution in [3.63, 3.8) is 0 Å². The van der Waals surface area contributed by atoms with Crippen LogP contribution in [0.3, 0.4) is 0 Å². The lowest BCUT2D eigenvalue weighted by Crippen LogP contribution is -2.37. The molecule has 1 heterocycles. The molecule has 1 saturated heterocycles. The number of nitrogens with zero attached hydrogens (tertiary/aromatic N) is 1. The SMILES string of the molecule is COc1ccc(N2C[C@@H](NC(=O)c3cccc4ccccc34)CC2=O)cc1OC. The smallest absolute Gasteiger partial charge is 0.252 e. The number of methoxy groups -OCH3 is 2. The van der Waals surface area contributed by atoms with Crippen LogP contribution in [-0.4, -0.2) is 38.6 Å². The van der Waals surface area contributed by atoms with E-state index in [1.165, 1.54) is 0 Å². The van der Waals surface area contributed by atoms with Gasteiger partial charge in [-0.05, 0) is 29.0 Å². The van der Waals surface area contributed by atoms with Gasteiger partial charge >= 0.3 is 0 Å². The van der Waals surface area contributed by atoms with Gasteiger partial charge in [0.05, 0.1) is 20.3 Å². The Morgan fingerprint density at radius 1 is 1.00 bits per heavy atom. The maximum Gasteiger partial charge on any atom is 0.252 e. The van der Waals surface area contributed by atoms with Crippen molar-refractivity contribution in [3.8, 4) is 11.5 Å². The first-order chi connectivity index (χ1) is 14.1. The summed E-state index contributed by atoms with van der Waals surface area (Å²) < 4.78 is 10.6. The summed E-state index contributed by atoms with van der Waals surface area (Å²) >= 11 is 0. The second-order valence-electron chi connectivity index (χ2n) is 6.94. The highest BCUT2D eigenvalue weighted by atomic mass is 16.5. The van der Waals surface area contributed by atoms with Crippen molar-refractivity contribution in [2.24, 2.45) is 0 Å². The Bertz CT molecular complexity index is 1070. The quantitative estimate of drug-likeness (QED) is 0.725. The number of hydrogen-bond acceptors (Lipinski definition) is 4. The molecule has 0 unspecified atom stereocenters. The highest BCUT2D eigenvalue weighted by Crippen LogP contribution is 2.33. The van der Waals surface area contributed by atoms with Crippen molar-refractivity contribution in [2.45, 2.75) is 12.5 Å². The van der Waals surface area contributed by atoms with Gasteiger partial charge in [0.25, 0.3) is 5.91 Å². The van der Waals surface area contributed by atoms with Crippen molar-refractivity contribution >= 4 is 28.3 Å². The molecule has 6 heteroatoms. The molecule has 1 aliphatic heterocycles. The molecule has 1 aliphatic rings. The lowest BCUT2D eigenvalue weighted by Gasteiger charge is -2.19. The highest BCUT2D eigenvalue weighted by Gasteiger charge is 2.32. The van der Waals surface area contributed by atoms with E-state index in [4.69, 9.17) is 9.47 Å². The van der Waals surface area contributed by atoms with Crippen LogP contribution in [-0.2, 0) is 4.79 Å². The summed E-state index contributed by atoms with van der Waals surface area (Å²) in [4.78, 5) is 27.1. The van der Waals surface area contributed by atoms with Gasteiger partial charge in [0.15, 0.2) is 11.5 Å². The van der Waals surface area contributed by atoms with Crippen LogP contribution in [0.1, 0.15) is 16.8 Å². The summed E-state index contributed by atoms with van der Waals surface area (Å²) in [7, 11) is 3.12. The molecular formula is C23H22N2O4. The van der Waals surface area contributed by atoms with Crippen LogP contribution in [0.2, 0.25) is 0 Å². The molecule has 0 bridgehead atoms. The largest absolute Gasteiger partial charge is 0.493 e. The maximum absolute atomic E-state index is 12.9. The molecule has 29 heavy (non-hydrogen) atoms. The molecule has 0 spiro atoms. The Morgan fingerprint density at radius 2 is 1.76 bits per heavy atom. The van der Waals surface area contributed by atoms with Crippen molar-refractivity contribution < 1.29 is 19.1 Å². The van der Waals surface area contributed by atoms with E-state index in [2.05, 4.69) is 5.32 Å². The van der Waals surface area contributed by atoms with E-state index in [0.29, 0.717) is 23.6 Å². The first-order valence-electron chi connectivity index (χ1n) is 9.41. The van der Waals surface area contributed by atoms with Gasteiger partial charge in [-0.2, -0.15) is 0 Å². The number of rotatable bonds is 5. The van der Waals surface area contributed by atoms with Gasteiger partial charge in [0.2, 0.25) is 5.91 Å². The van der Waals surface area contributed by atoms with Crippen molar-refractivity contribution in [1.29, 1.82) is 0 Å². The Labute approximate surface area is 169 Å². The number of carbonyl (C=O) groups is 2. The first-order valence-corrected chi connectivity index (χ1v) is 9.41. The molecule has 0 saturated carbocycles. The van der Waals surface area contributed by atoms with Crippen LogP contribution < -0.4 is 19.7 Å². The summed E-state index contributed by atoms with van der Waals surface area (Å²) in [6, 6.07) is 18.5. The summed E-state index contributed by atoms with van der Waals surface area (Å²) in [5.74, 6) is 0.943. The average Bonchev–Trinajstić information content (AvgIpc) is 3.12. The predicted octanol–water partition coefficient (Wildman–Crippen LogP) is 3.39. The molecule has 3 aromatic rings. The fraction of sp³-hybridized carbons (Fsp3) is 0.217. The van der Waals surface area contributed by atoms with Gasteiger partial charge in [-0.25, -0.2) is 0 Å². The van der Waals surface area contributed by atoms with Crippen LogP contribution in [0, 0.1) is 0 Å². The minimum absolute atomic E-state index is 0.0413. The van der Waals surface area contributed by atoms with E-state index in [0.717, 1.165) is 16.5 Å². The van der Waals surface area contributed by atoms with Crippen molar-refractivity contribution in [1.82, 2.24) is 5.32 Å². The number of hydrogen-bond donors (Lipinski definition) is 1. The normalized spacial score (nSPS) is 16.1. The maximum atomic E-state index is 12.9. The predicted molar refractivity (Wildman–Crippen MR) is 112 cm³/mol. The lowest BCUT2D eigenvalue weighted by atomic mass is 10.0. The third-order valence-electron chi connectivity index (χ3n) is 5.17. The average molecular weight is 390 g/mol. The first kappa shape index (κ1) is 18.8. The van der Waals surface area contributed by atoms with Gasteiger partial charge in [0, 0.05) is 30.3 Å². The highest BCUT2D eigenvalue weighted by molar-refractivity contribution is 6.07. The fourth-order valence-corrected chi connectivity index (χ4v) is 3.73. The van der Waals surface area contributed by atoms with Crippen LogP contribution in [0.15, 0.2) is 60.7 Å². The molecule has 1 fully saturated rings. The Kier molecular flexibility index (Phi) is 5.08. The van der Waals surface area contributed by atoms with E-state index in [9.17, 15) is 9.59 Å².